The molecule has 4 aliphatic rings. The molecule has 0 amide bonds. The molecule has 4 saturated carbocycles. The molecule has 0 aromatic heterocycles. The summed E-state index contributed by atoms with van der Waals surface area (Å²) in [5, 5.41) is 0. The van der Waals surface area contributed by atoms with Gasteiger partial charge in [0.1, 0.15) is 0 Å². The van der Waals surface area contributed by atoms with Gasteiger partial charge in [0.25, 0.3) is 30.4 Å². The smallest absolute Gasteiger partial charge is 0.264 e. The van der Waals surface area contributed by atoms with Crippen LogP contribution in [0.1, 0.15) is 91.9 Å². The van der Waals surface area contributed by atoms with Crippen molar-refractivity contribution in [1.29, 1.82) is 0 Å². The fraction of sp³-hybridized carbons (Fsp3) is 1.00. The van der Waals surface area contributed by atoms with Crippen molar-refractivity contribution in [2.75, 3.05) is 58.4 Å². The Labute approximate surface area is 296 Å². The van der Waals surface area contributed by atoms with Crippen LogP contribution in [0.25, 0.3) is 0 Å². The van der Waals surface area contributed by atoms with Gasteiger partial charge in [0.15, 0.2) is 0 Å². The Morgan fingerprint density at radius 3 is 1.84 bits per heavy atom. The maximum Gasteiger partial charge on any atom is 0.264 e. The Balaban J connectivity index is 1.62. The predicted octanol–water partition coefficient (Wildman–Crippen LogP) is 4.78. The van der Waals surface area contributed by atoms with Gasteiger partial charge in [-0.1, -0.05) is 47.0 Å². The standard InChI is InChI=1S/C34H62O12S3/c1-8-9-10-24(2)27-11-12-28-32-29(23-31(34(27,28)4)43-17-20-46-49(7,39)40)33(3)14-13-26(41-15-18-44-47(5,35)36)21-25(33)22-30(32)42-16-19-45-48(6,37)38/h24-32H,8-23H2,1-7H3/t24-,25+,26?,27-,28+,29+,30-,31+,32+,33+,34-/m1/s1. The normalized spacial score (nSPS) is 37.3. The molecule has 0 radical (unpaired) electrons. The molecule has 49 heavy (non-hydrogen) atoms. The summed E-state index contributed by atoms with van der Waals surface area (Å²) in [6.07, 6.45) is 12.8. The van der Waals surface area contributed by atoms with Gasteiger partial charge in [-0.25, -0.2) is 0 Å². The Bertz CT molecular complexity index is 1400. The van der Waals surface area contributed by atoms with Crippen molar-refractivity contribution >= 4 is 30.4 Å². The zero-order chi connectivity index (χ0) is 36.3. The van der Waals surface area contributed by atoms with Crippen molar-refractivity contribution in [2.24, 2.45) is 46.3 Å². The molecule has 15 heteroatoms. The summed E-state index contributed by atoms with van der Waals surface area (Å²) in [7, 11) is -10.7. The highest BCUT2D eigenvalue weighted by atomic mass is 32.2. The maximum atomic E-state index is 11.7. The SMILES string of the molecule is CCCC[C@@H](C)[C@H]1CC[C@H]2[C@@H]3[C@H](OCCOS(C)(=O)=O)C[C@@H]4CC(OCCOS(C)(=O)=O)CC[C@]4(C)[C@H]3C[C@H](OCCOS(C)(=O)=O)[C@]12C. The first kappa shape index (κ1) is 41.4. The average molecular weight is 759 g/mol. The van der Waals surface area contributed by atoms with E-state index in [0.717, 1.165) is 76.6 Å². The van der Waals surface area contributed by atoms with Crippen LogP contribution in [0.4, 0.5) is 0 Å². The monoisotopic (exact) mass is 758 g/mol. The molecule has 0 heterocycles. The molecular formula is C34H62O12S3. The highest BCUT2D eigenvalue weighted by molar-refractivity contribution is 7.86. The average Bonchev–Trinajstić information content (AvgIpc) is 3.35. The van der Waals surface area contributed by atoms with Crippen LogP contribution in [0, 0.1) is 46.3 Å². The zero-order valence-electron chi connectivity index (χ0n) is 30.6. The van der Waals surface area contributed by atoms with E-state index in [1.165, 1.54) is 6.42 Å². The van der Waals surface area contributed by atoms with E-state index in [0.29, 0.717) is 17.8 Å². The van der Waals surface area contributed by atoms with Crippen molar-refractivity contribution < 1.29 is 52.0 Å². The molecular weight excluding hydrogens is 697 g/mol. The molecule has 0 aromatic carbocycles. The van der Waals surface area contributed by atoms with Crippen LogP contribution in [-0.2, 0) is 57.1 Å². The van der Waals surface area contributed by atoms with E-state index < -0.39 is 30.4 Å². The molecule has 12 nitrogen and oxygen atoms in total. The number of hydrogen-bond donors (Lipinski definition) is 0. The van der Waals surface area contributed by atoms with Crippen LogP contribution in [0.2, 0.25) is 0 Å². The van der Waals surface area contributed by atoms with E-state index in [1.54, 1.807) is 0 Å². The van der Waals surface area contributed by atoms with Gasteiger partial charge in [0, 0.05) is 5.41 Å². The molecule has 0 aliphatic heterocycles. The van der Waals surface area contributed by atoms with Crippen molar-refractivity contribution in [3.63, 3.8) is 0 Å². The topological polar surface area (TPSA) is 158 Å². The summed E-state index contributed by atoms with van der Waals surface area (Å²) < 4.78 is 104. The van der Waals surface area contributed by atoms with E-state index in [1.807, 2.05) is 0 Å². The number of hydrogen-bond acceptors (Lipinski definition) is 12. The third-order valence-corrected chi connectivity index (χ3v) is 14.4. The number of ether oxygens (including phenoxy) is 3. The lowest BCUT2D eigenvalue weighted by Gasteiger charge is -2.64. The molecule has 0 N–H and O–H groups in total. The van der Waals surface area contributed by atoms with E-state index >= 15 is 0 Å². The zero-order valence-corrected chi connectivity index (χ0v) is 33.1. The molecule has 11 atom stereocenters. The molecule has 0 aromatic rings. The summed E-state index contributed by atoms with van der Waals surface area (Å²) >= 11 is 0. The second kappa shape index (κ2) is 16.7. The van der Waals surface area contributed by atoms with Gasteiger partial charge in [-0.15, -0.1) is 0 Å². The molecule has 4 aliphatic carbocycles. The van der Waals surface area contributed by atoms with Crippen molar-refractivity contribution in [3.8, 4) is 0 Å². The quantitative estimate of drug-likeness (QED) is 0.131. The highest BCUT2D eigenvalue weighted by Crippen LogP contribution is 2.69. The first-order valence-electron chi connectivity index (χ1n) is 18.2. The lowest BCUT2D eigenvalue weighted by molar-refractivity contribution is -0.229. The summed E-state index contributed by atoms with van der Waals surface area (Å²) in [4.78, 5) is 0. The fourth-order valence-electron chi connectivity index (χ4n) is 10.5. The molecule has 0 spiro atoms. The minimum Gasteiger partial charge on any atom is -0.376 e. The van der Waals surface area contributed by atoms with E-state index in [4.69, 9.17) is 26.8 Å². The van der Waals surface area contributed by atoms with Crippen LogP contribution in [0.5, 0.6) is 0 Å². The minimum absolute atomic E-state index is 0.0188. The highest BCUT2D eigenvalue weighted by Gasteiger charge is 2.66. The van der Waals surface area contributed by atoms with Crippen LogP contribution < -0.4 is 0 Å². The summed E-state index contributed by atoms with van der Waals surface area (Å²) in [5.74, 6) is 2.07. The largest absolute Gasteiger partial charge is 0.376 e. The second-order valence-corrected chi connectivity index (χ2v) is 20.7. The molecule has 4 rings (SSSR count). The summed E-state index contributed by atoms with van der Waals surface area (Å²) in [6, 6.07) is 0. The molecule has 0 bridgehead atoms. The first-order chi connectivity index (χ1) is 22.8. The van der Waals surface area contributed by atoms with E-state index in [2.05, 4.69) is 27.7 Å². The summed E-state index contributed by atoms with van der Waals surface area (Å²) in [6.45, 7) is 9.90. The van der Waals surface area contributed by atoms with Gasteiger partial charge in [-0.3, -0.25) is 12.5 Å². The van der Waals surface area contributed by atoms with Gasteiger partial charge < -0.3 is 14.2 Å². The molecule has 0 saturated heterocycles. The Kier molecular flexibility index (Phi) is 14.1. The van der Waals surface area contributed by atoms with Crippen molar-refractivity contribution in [3.05, 3.63) is 0 Å². The number of fused-ring (bicyclic) bond motifs is 5. The Morgan fingerprint density at radius 1 is 0.694 bits per heavy atom. The van der Waals surface area contributed by atoms with Crippen LogP contribution in [0.15, 0.2) is 0 Å². The fourth-order valence-corrected chi connectivity index (χ4v) is 11.6. The van der Waals surface area contributed by atoms with Crippen LogP contribution >= 0.6 is 0 Å². The van der Waals surface area contributed by atoms with Gasteiger partial charge in [-0.2, -0.15) is 25.3 Å². The molecule has 288 valence electrons. The van der Waals surface area contributed by atoms with Crippen molar-refractivity contribution in [2.45, 2.75) is 110 Å². The molecule has 4 fully saturated rings. The van der Waals surface area contributed by atoms with E-state index in [9.17, 15) is 25.3 Å². The number of unbranched alkanes of at least 4 members (excludes halogenated alkanes) is 1. The number of rotatable bonds is 19. The third-order valence-electron chi connectivity index (χ3n) is 12.6. The van der Waals surface area contributed by atoms with Gasteiger partial charge in [0.05, 0.1) is 76.7 Å². The summed E-state index contributed by atoms with van der Waals surface area (Å²) in [5.41, 5.74) is -0.164. The third kappa shape index (κ3) is 10.6. The second-order valence-electron chi connectivity index (χ2n) is 15.7. The predicted molar refractivity (Wildman–Crippen MR) is 186 cm³/mol. The van der Waals surface area contributed by atoms with Crippen LogP contribution in [0.3, 0.4) is 0 Å². The Morgan fingerprint density at radius 2 is 1.27 bits per heavy atom. The first-order valence-corrected chi connectivity index (χ1v) is 23.6. The van der Waals surface area contributed by atoms with Crippen LogP contribution in [-0.4, -0.2) is 102 Å². The van der Waals surface area contributed by atoms with Gasteiger partial charge in [-0.05, 0) is 85.9 Å². The Hall–Kier alpha value is -0.390. The molecule has 1 unspecified atom stereocenters. The lowest BCUT2D eigenvalue weighted by Crippen LogP contribution is -2.63. The van der Waals surface area contributed by atoms with Gasteiger partial charge in [0.2, 0.25) is 0 Å². The van der Waals surface area contributed by atoms with Gasteiger partial charge >= 0.3 is 0 Å². The minimum atomic E-state index is -3.59. The lowest BCUT2D eigenvalue weighted by atomic mass is 9.43. The maximum absolute atomic E-state index is 11.7. The van der Waals surface area contributed by atoms with Crippen molar-refractivity contribution in [1.82, 2.24) is 0 Å². The van der Waals surface area contributed by atoms with E-state index in [-0.39, 0.29) is 86.5 Å².